The summed E-state index contributed by atoms with van der Waals surface area (Å²) in [7, 11) is 3.52. The van der Waals surface area contributed by atoms with E-state index in [1.54, 1.807) is 14.2 Å². The fraction of sp³-hybridized carbons (Fsp3) is 0.579. The summed E-state index contributed by atoms with van der Waals surface area (Å²) in [6.45, 7) is 0.744. The van der Waals surface area contributed by atoms with Gasteiger partial charge in [-0.25, -0.2) is 4.98 Å². The number of H-pyrrole nitrogens is 1. The molecule has 134 valence electrons. The van der Waals surface area contributed by atoms with Gasteiger partial charge in [-0.05, 0) is 37.8 Å². The molecule has 2 heterocycles. The quantitative estimate of drug-likeness (QED) is 0.925. The van der Waals surface area contributed by atoms with Gasteiger partial charge in [0.05, 0.1) is 35.2 Å². The first-order valence-corrected chi connectivity index (χ1v) is 8.96. The van der Waals surface area contributed by atoms with E-state index in [0.717, 1.165) is 49.1 Å². The number of carbonyl (C=O) groups excluding carboxylic acids is 1. The van der Waals surface area contributed by atoms with E-state index in [-0.39, 0.29) is 23.7 Å². The van der Waals surface area contributed by atoms with Crippen LogP contribution >= 0.6 is 0 Å². The molecule has 3 atom stereocenters. The van der Waals surface area contributed by atoms with E-state index in [1.807, 2.05) is 29.2 Å². The van der Waals surface area contributed by atoms with Crippen molar-refractivity contribution < 1.29 is 14.3 Å². The van der Waals surface area contributed by atoms with Crippen molar-refractivity contribution in [1.29, 1.82) is 0 Å². The van der Waals surface area contributed by atoms with Crippen LogP contribution in [-0.2, 0) is 20.7 Å². The Morgan fingerprint density at radius 3 is 2.96 bits per heavy atom. The molecule has 0 unspecified atom stereocenters. The highest BCUT2D eigenvalue weighted by Crippen LogP contribution is 2.43. The molecule has 1 aromatic carbocycles. The van der Waals surface area contributed by atoms with Crippen molar-refractivity contribution in [1.82, 2.24) is 14.9 Å². The number of benzene rings is 1. The zero-order valence-corrected chi connectivity index (χ0v) is 14.8. The van der Waals surface area contributed by atoms with Crippen LogP contribution in [0.3, 0.4) is 0 Å². The number of methoxy groups -OCH3 is 2. The first-order valence-electron chi connectivity index (χ1n) is 8.96. The number of para-hydroxylation sites is 2. The van der Waals surface area contributed by atoms with Gasteiger partial charge in [0.1, 0.15) is 5.82 Å². The number of nitrogens with one attached hydrogen (secondary N) is 1. The van der Waals surface area contributed by atoms with Gasteiger partial charge in [0.2, 0.25) is 5.91 Å². The predicted molar refractivity (Wildman–Crippen MR) is 94.3 cm³/mol. The van der Waals surface area contributed by atoms with Crippen molar-refractivity contribution in [3.05, 3.63) is 30.1 Å². The minimum absolute atomic E-state index is 0.0908. The highest BCUT2D eigenvalue weighted by atomic mass is 16.5. The monoisotopic (exact) mass is 343 g/mol. The summed E-state index contributed by atoms with van der Waals surface area (Å²) in [5, 5.41) is 0. The maximum Gasteiger partial charge on any atom is 0.230 e. The van der Waals surface area contributed by atoms with Crippen molar-refractivity contribution in [3.8, 4) is 0 Å². The SMILES string of the molecule is CO[C@H]1CC[C@@]2(OC)CCN(C(=O)Cc3nc4ccccc4[nH]3)[C@H]2C1. The molecule has 6 nitrogen and oxygen atoms in total. The lowest BCUT2D eigenvalue weighted by Gasteiger charge is -2.43. The lowest BCUT2D eigenvalue weighted by Crippen LogP contribution is -2.53. The second kappa shape index (κ2) is 6.42. The fourth-order valence-corrected chi connectivity index (χ4v) is 4.51. The molecule has 25 heavy (non-hydrogen) atoms. The number of carbonyl (C=O) groups is 1. The number of hydrogen-bond donors (Lipinski definition) is 1. The fourth-order valence-electron chi connectivity index (χ4n) is 4.51. The average molecular weight is 343 g/mol. The normalized spacial score (nSPS) is 29.1. The number of likely N-dealkylation sites (tertiary alicyclic amines) is 1. The second-order valence-corrected chi connectivity index (χ2v) is 7.13. The average Bonchev–Trinajstić information content (AvgIpc) is 3.21. The van der Waals surface area contributed by atoms with Gasteiger partial charge in [0.25, 0.3) is 0 Å². The van der Waals surface area contributed by atoms with E-state index < -0.39 is 0 Å². The third-order valence-electron chi connectivity index (χ3n) is 5.95. The molecule has 1 saturated carbocycles. The smallest absolute Gasteiger partial charge is 0.230 e. The third kappa shape index (κ3) is 2.83. The van der Waals surface area contributed by atoms with E-state index in [9.17, 15) is 4.79 Å². The molecular weight excluding hydrogens is 318 g/mol. The van der Waals surface area contributed by atoms with Crippen LogP contribution in [0.25, 0.3) is 11.0 Å². The Morgan fingerprint density at radius 1 is 1.36 bits per heavy atom. The summed E-state index contributed by atoms with van der Waals surface area (Å²) in [5.41, 5.74) is 1.66. The summed E-state index contributed by atoms with van der Waals surface area (Å²) < 4.78 is 11.5. The van der Waals surface area contributed by atoms with Gasteiger partial charge in [0.15, 0.2) is 0 Å². The molecule has 2 aromatic rings. The molecule has 0 radical (unpaired) electrons. The Labute approximate surface area is 147 Å². The number of ether oxygens (including phenoxy) is 2. The van der Waals surface area contributed by atoms with E-state index in [0.29, 0.717) is 6.42 Å². The third-order valence-corrected chi connectivity index (χ3v) is 5.95. The number of fused-ring (bicyclic) bond motifs is 2. The molecule has 0 spiro atoms. The maximum absolute atomic E-state index is 13.0. The number of aromatic amines is 1. The van der Waals surface area contributed by atoms with Crippen molar-refractivity contribution in [3.63, 3.8) is 0 Å². The van der Waals surface area contributed by atoms with E-state index in [1.165, 1.54) is 0 Å². The molecule has 2 aliphatic rings. The van der Waals surface area contributed by atoms with Crippen molar-refractivity contribution in [2.75, 3.05) is 20.8 Å². The molecule has 1 aromatic heterocycles. The van der Waals surface area contributed by atoms with Crippen LogP contribution < -0.4 is 0 Å². The predicted octanol–water partition coefficient (Wildman–Crippen LogP) is 2.29. The highest BCUT2D eigenvalue weighted by Gasteiger charge is 2.52. The van der Waals surface area contributed by atoms with Crippen LogP contribution in [0.15, 0.2) is 24.3 Å². The van der Waals surface area contributed by atoms with E-state index >= 15 is 0 Å². The summed E-state index contributed by atoms with van der Waals surface area (Å²) in [6, 6.07) is 7.94. The first-order chi connectivity index (χ1) is 12.1. The summed E-state index contributed by atoms with van der Waals surface area (Å²) >= 11 is 0. The number of nitrogens with zero attached hydrogens (tertiary/aromatic N) is 2. The van der Waals surface area contributed by atoms with Crippen LogP contribution in [-0.4, -0.2) is 59.3 Å². The molecule has 1 aliphatic carbocycles. The lowest BCUT2D eigenvalue weighted by atomic mass is 9.79. The summed E-state index contributed by atoms with van der Waals surface area (Å²) in [5.74, 6) is 0.833. The zero-order valence-electron chi connectivity index (χ0n) is 14.8. The van der Waals surface area contributed by atoms with Gasteiger partial charge in [0, 0.05) is 20.8 Å². The van der Waals surface area contributed by atoms with Crippen LogP contribution in [0.5, 0.6) is 0 Å². The largest absolute Gasteiger partial charge is 0.381 e. The molecule has 1 N–H and O–H groups in total. The second-order valence-electron chi connectivity index (χ2n) is 7.13. The number of imidazole rings is 1. The van der Waals surface area contributed by atoms with Gasteiger partial charge in [-0.15, -0.1) is 0 Å². The Kier molecular flexibility index (Phi) is 4.25. The van der Waals surface area contributed by atoms with Crippen LogP contribution in [0.4, 0.5) is 0 Å². The minimum Gasteiger partial charge on any atom is -0.381 e. The minimum atomic E-state index is -0.210. The Morgan fingerprint density at radius 2 is 2.20 bits per heavy atom. The number of rotatable bonds is 4. The summed E-state index contributed by atoms with van der Waals surface area (Å²) in [4.78, 5) is 22.7. The summed E-state index contributed by atoms with van der Waals surface area (Å²) in [6.07, 6.45) is 4.18. The number of aromatic nitrogens is 2. The zero-order chi connectivity index (χ0) is 17.4. The van der Waals surface area contributed by atoms with Crippen molar-refractivity contribution >= 4 is 16.9 Å². The van der Waals surface area contributed by atoms with E-state index in [2.05, 4.69) is 9.97 Å². The highest BCUT2D eigenvalue weighted by molar-refractivity contribution is 5.81. The van der Waals surface area contributed by atoms with Crippen molar-refractivity contribution in [2.24, 2.45) is 0 Å². The van der Waals surface area contributed by atoms with Gasteiger partial charge >= 0.3 is 0 Å². The van der Waals surface area contributed by atoms with Crippen LogP contribution in [0.1, 0.15) is 31.5 Å². The maximum atomic E-state index is 13.0. The van der Waals surface area contributed by atoms with Gasteiger partial charge in [-0.1, -0.05) is 12.1 Å². The van der Waals surface area contributed by atoms with Crippen LogP contribution in [0, 0.1) is 0 Å². The van der Waals surface area contributed by atoms with Gasteiger partial charge < -0.3 is 19.4 Å². The van der Waals surface area contributed by atoms with Gasteiger partial charge in [-0.2, -0.15) is 0 Å². The molecule has 6 heteroatoms. The molecule has 1 amide bonds. The molecule has 1 aliphatic heterocycles. The number of hydrogen-bond acceptors (Lipinski definition) is 4. The first kappa shape index (κ1) is 16.5. The van der Waals surface area contributed by atoms with Crippen molar-refractivity contribution in [2.45, 2.75) is 49.9 Å². The molecule has 1 saturated heterocycles. The van der Waals surface area contributed by atoms with Gasteiger partial charge in [-0.3, -0.25) is 4.79 Å². The Bertz CT molecular complexity index is 741. The Balaban J connectivity index is 1.53. The van der Waals surface area contributed by atoms with E-state index in [4.69, 9.17) is 9.47 Å². The molecule has 4 rings (SSSR count). The molecule has 2 fully saturated rings. The molecular formula is C19H25N3O3. The number of amides is 1. The Hall–Kier alpha value is -1.92. The lowest BCUT2D eigenvalue weighted by molar-refractivity contribution is -0.140. The van der Waals surface area contributed by atoms with Crippen LogP contribution in [0.2, 0.25) is 0 Å². The topological polar surface area (TPSA) is 67.5 Å². The molecule has 0 bridgehead atoms. The standard InChI is InChI=1S/C19H25N3O3/c1-24-13-7-8-19(25-2)9-10-22(16(19)11-13)18(23)12-17-20-14-5-3-4-6-15(14)21-17/h3-6,13,16H,7-12H2,1-2H3,(H,20,21)/t13-,16-,19+/m0/s1.